The number of nitrogens with zero attached hydrogens (tertiary/aromatic N) is 2. The van der Waals surface area contributed by atoms with E-state index in [9.17, 15) is 8.42 Å². The van der Waals surface area contributed by atoms with Gasteiger partial charge < -0.3 is 4.90 Å². The van der Waals surface area contributed by atoms with E-state index >= 15 is 0 Å². The van der Waals surface area contributed by atoms with Gasteiger partial charge >= 0.3 is 16.0 Å². The third-order valence-electron chi connectivity index (χ3n) is 3.17. The Morgan fingerprint density at radius 2 is 1.62 bits per heavy atom. The van der Waals surface area contributed by atoms with Gasteiger partial charge in [-0.3, -0.25) is 16.5 Å². The second kappa shape index (κ2) is 7.14. The lowest BCUT2D eigenvalue weighted by molar-refractivity contribution is -0.270. The summed E-state index contributed by atoms with van der Waals surface area (Å²) in [5.41, 5.74) is 13.0. The van der Waals surface area contributed by atoms with Crippen LogP contribution in [0.25, 0.3) is 0 Å². The van der Waals surface area contributed by atoms with Crippen LogP contribution in [-0.4, -0.2) is 34.7 Å². The molecule has 7 nitrogen and oxygen atoms in total. The lowest BCUT2D eigenvalue weighted by Crippen LogP contribution is -2.80. The van der Waals surface area contributed by atoms with Crippen molar-refractivity contribution in [1.29, 1.82) is 0 Å². The second-order valence-electron chi connectivity index (χ2n) is 5.30. The van der Waals surface area contributed by atoms with Crippen LogP contribution in [0.1, 0.15) is 5.56 Å². The Morgan fingerprint density at radius 1 is 1.04 bits per heavy atom. The van der Waals surface area contributed by atoms with E-state index in [0.29, 0.717) is 5.69 Å². The van der Waals surface area contributed by atoms with Gasteiger partial charge in [0, 0.05) is 26.0 Å². The number of anilines is 1. The third kappa shape index (κ3) is 4.56. The van der Waals surface area contributed by atoms with E-state index in [1.54, 1.807) is 18.3 Å². The number of guanidine groups is 1. The summed E-state index contributed by atoms with van der Waals surface area (Å²) in [4.78, 5) is 6.40. The normalized spacial score (nSPS) is 11.4. The maximum absolute atomic E-state index is 11.9. The molecule has 0 radical (unpaired) electrons. The van der Waals surface area contributed by atoms with Gasteiger partial charge in [-0.15, -0.1) is 0 Å². The summed E-state index contributed by atoms with van der Waals surface area (Å²) in [6.45, 7) is 0. The molecule has 24 heavy (non-hydrogen) atoms. The summed E-state index contributed by atoms with van der Waals surface area (Å²) in [7, 11) is 0.202. The molecule has 0 bridgehead atoms. The van der Waals surface area contributed by atoms with Crippen molar-refractivity contribution in [2.75, 3.05) is 19.0 Å². The van der Waals surface area contributed by atoms with Crippen molar-refractivity contribution in [2.45, 2.75) is 4.90 Å². The Hall–Kier alpha value is -2.87. The number of aliphatic imine (C=N–C) groups is 1. The smallest absolute Gasteiger partial charge is 0.353 e. The molecule has 2 rings (SSSR count). The summed E-state index contributed by atoms with van der Waals surface area (Å²) in [5.74, 6) is -0.377. The molecular weight excluding hydrogens is 326 g/mol. The van der Waals surface area contributed by atoms with Crippen LogP contribution in [0.3, 0.4) is 0 Å². The Balaban J connectivity index is 2.15. The van der Waals surface area contributed by atoms with E-state index in [4.69, 9.17) is 11.5 Å². The number of rotatable bonds is 5. The van der Waals surface area contributed by atoms with Crippen molar-refractivity contribution in [3.63, 3.8) is 0 Å². The molecule has 0 saturated carbocycles. The number of hydrogen-bond donors (Lipinski definition) is 3. The molecule has 0 aliphatic carbocycles. The fourth-order valence-corrected chi connectivity index (χ4v) is 2.86. The first-order chi connectivity index (χ1) is 11.3. The average molecular weight is 346 g/mol. The molecule has 0 unspecified atom stereocenters. The number of hydrogen-bond acceptors (Lipinski definition) is 4. The molecule has 5 N–H and O–H groups in total. The van der Waals surface area contributed by atoms with Crippen LogP contribution in [-0.2, 0) is 10.0 Å². The quantitative estimate of drug-likeness (QED) is 0.501. The van der Waals surface area contributed by atoms with Crippen molar-refractivity contribution in [1.82, 2.24) is 0 Å². The van der Waals surface area contributed by atoms with Crippen molar-refractivity contribution >= 4 is 33.6 Å². The summed E-state index contributed by atoms with van der Waals surface area (Å²) in [6.07, 6.45) is 1.72. The fourth-order valence-electron chi connectivity index (χ4n) is 1.93. The van der Waals surface area contributed by atoms with E-state index in [0.717, 1.165) is 11.3 Å². The van der Waals surface area contributed by atoms with E-state index in [1.807, 2.05) is 47.7 Å². The minimum absolute atomic E-state index is 0.0604. The molecule has 0 aromatic heterocycles. The Bertz CT molecular complexity index is 850. The van der Waals surface area contributed by atoms with E-state index in [2.05, 4.69) is 4.99 Å². The van der Waals surface area contributed by atoms with Gasteiger partial charge in [-0.05, 0) is 42.0 Å². The molecule has 0 aliphatic rings. The molecule has 8 heteroatoms. The SMILES string of the molecule is CN(C)c1ccc(C=Nc2ccc(S(=O)(=O)[NH+]=C(N)N)cc2)cc1. The monoisotopic (exact) mass is 346 g/mol. The highest BCUT2D eigenvalue weighted by Gasteiger charge is 2.13. The molecule has 2 aromatic carbocycles. The Labute approximate surface area is 141 Å². The maximum atomic E-state index is 11.9. The molecular formula is C16H20N5O2S+. The largest absolute Gasteiger partial charge is 0.378 e. The van der Waals surface area contributed by atoms with Crippen LogP contribution in [0.15, 0.2) is 58.4 Å². The first-order valence-electron chi connectivity index (χ1n) is 7.10. The fraction of sp³-hybridized carbons (Fsp3) is 0.125. The van der Waals surface area contributed by atoms with Crippen molar-refractivity contribution in [3.8, 4) is 0 Å². The zero-order valence-corrected chi connectivity index (χ0v) is 14.3. The highest BCUT2D eigenvalue weighted by Crippen LogP contribution is 2.16. The molecule has 0 heterocycles. The van der Waals surface area contributed by atoms with E-state index in [1.165, 1.54) is 12.1 Å². The van der Waals surface area contributed by atoms with Gasteiger partial charge in [0.15, 0.2) is 0 Å². The summed E-state index contributed by atoms with van der Waals surface area (Å²) < 4.78 is 25.8. The van der Waals surface area contributed by atoms with Crippen molar-refractivity contribution in [3.05, 3.63) is 54.1 Å². The zero-order valence-electron chi connectivity index (χ0n) is 13.5. The summed E-state index contributed by atoms with van der Waals surface area (Å²) in [6, 6.07) is 14.0. The Kier molecular flexibility index (Phi) is 5.20. The minimum Gasteiger partial charge on any atom is -0.378 e. The lowest BCUT2D eigenvalue weighted by Gasteiger charge is -2.11. The lowest BCUT2D eigenvalue weighted by atomic mass is 10.2. The molecule has 0 saturated heterocycles. The maximum Gasteiger partial charge on any atom is 0.353 e. The van der Waals surface area contributed by atoms with Gasteiger partial charge in [0.1, 0.15) is 4.90 Å². The molecule has 2 aromatic rings. The topological polar surface area (TPSA) is 116 Å². The molecule has 0 spiro atoms. The Morgan fingerprint density at radius 3 is 2.12 bits per heavy atom. The van der Waals surface area contributed by atoms with Gasteiger partial charge in [-0.2, -0.15) is 12.8 Å². The van der Waals surface area contributed by atoms with Crippen LogP contribution < -0.4 is 20.8 Å². The summed E-state index contributed by atoms with van der Waals surface area (Å²) in [5, 5.41) is 0. The van der Waals surface area contributed by atoms with Crippen LogP contribution in [0, 0.1) is 0 Å². The highest BCUT2D eigenvalue weighted by atomic mass is 32.2. The number of sulfonamides is 1. The zero-order chi connectivity index (χ0) is 17.7. The predicted molar refractivity (Wildman–Crippen MR) is 96.0 cm³/mol. The number of benzene rings is 2. The van der Waals surface area contributed by atoms with Gasteiger partial charge in [0.25, 0.3) is 0 Å². The molecule has 126 valence electrons. The van der Waals surface area contributed by atoms with Crippen LogP contribution >= 0.6 is 0 Å². The second-order valence-corrected chi connectivity index (χ2v) is 6.98. The molecule has 0 fully saturated rings. The van der Waals surface area contributed by atoms with E-state index < -0.39 is 10.0 Å². The minimum atomic E-state index is -3.75. The van der Waals surface area contributed by atoms with Gasteiger partial charge in [-0.25, -0.2) is 0 Å². The first-order valence-corrected chi connectivity index (χ1v) is 8.58. The standard InChI is InChI=1S/C16H19N5O2S/c1-21(2)14-7-3-12(4-8-14)11-19-13-5-9-15(10-6-13)24(22,23)20-16(17)18/h3-11H,1-2H3,(H4,17,18,20)/p+1. The van der Waals surface area contributed by atoms with Crippen molar-refractivity contribution in [2.24, 2.45) is 16.5 Å². The van der Waals surface area contributed by atoms with Gasteiger partial charge in [0.2, 0.25) is 0 Å². The van der Waals surface area contributed by atoms with Crippen LogP contribution in [0.2, 0.25) is 0 Å². The van der Waals surface area contributed by atoms with Crippen molar-refractivity contribution < 1.29 is 12.8 Å². The number of nitrogens with one attached hydrogen (secondary N) is 1. The third-order valence-corrected chi connectivity index (χ3v) is 4.57. The van der Waals surface area contributed by atoms with Crippen LogP contribution in [0.4, 0.5) is 11.4 Å². The van der Waals surface area contributed by atoms with Crippen LogP contribution in [0.5, 0.6) is 0 Å². The van der Waals surface area contributed by atoms with Gasteiger partial charge in [0.05, 0.1) is 5.69 Å². The molecule has 0 atom stereocenters. The average Bonchev–Trinajstić information content (AvgIpc) is 2.52. The summed E-state index contributed by atoms with van der Waals surface area (Å²) >= 11 is 0. The first kappa shape index (κ1) is 17.5. The highest BCUT2D eigenvalue weighted by molar-refractivity contribution is 7.84. The molecule has 0 amide bonds. The van der Waals surface area contributed by atoms with Gasteiger partial charge in [-0.1, -0.05) is 12.1 Å². The predicted octanol–water partition coefficient (Wildman–Crippen LogP) is -0.454. The number of nitrogens with two attached hydrogens (primary N) is 2. The molecule has 0 aliphatic heterocycles. The van der Waals surface area contributed by atoms with E-state index in [-0.39, 0.29) is 10.9 Å².